The molecule has 8 heteroatoms. The first-order valence-corrected chi connectivity index (χ1v) is 12.8. The lowest BCUT2D eigenvalue weighted by atomic mass is 10.0. The van der Waals surface area contributed by atoms with Gasteiger partial charge in [-0.1, -0.05) is 20.8 Å². The van der Waals surface area contributed by atoms with Gasteiger partial charge in [0.05, 0.1) is 12.1 Å². The van der Waals surface area contributed by atoms with Crippen molar-refractivity contribution in [3.8, 4) is 5.75 Å². The molecule has 1 aliphatic rings. The maximum Gasteiger partial charge on any atom is 0.410 e. The van der Waals surface area contributed by atoms with Gasteiger partial charge < -0.3 is 14.3 Å². The monoisotopic (exact) mass is 429 g/mol. The van der Waals surface area contributed by atoms with Crippen LogP contribution >= 0.6 is 0 Å². The Morgan fingerprint density at radius 1 is 1.17 bits per heavy atom. The number of hydrogen-bond donors (Lipinski definition) is 1. The number of benzene rings is 1. The number of halogens is 2. The fourth-order valence-electron chi connectivity index (χ4n) is 3.13. The van der Waals surface area contributed by atoms with Gasteiger partial charge in [0.25, 0.3) is 0 Å². The summed E-state index contributed by atoms with van der Waals surface area (Å²) in [4.78, 5) is 14.2. The maximum atomic E-state index is 14.0. The van der Waals surface area contributed by atoms with Crippen molar-refractivity contribution in [2.75, 3.05) is 6.54 Å². The Labute approximate surface area is 173 Å². The Morgan fingerprint density at radius 2 is 1.76 bits per heavy atom. The molecule has 0 saturated carbocycles. The van der Waals surface area contributed by atoms with Crippen LogP contribution in [0.2, 0.25) is 18.1 Å². The van der Waals surface area contributed by atoms with Crippen LogP contribution in [0.3, 0.4) is 0 Å². The van der Waals surface area contributed by atoms with E-state index in [4.69, 9.17) is 9.16 Å². The van der Waals surface area contributed by atoms with Crippen LogP contribution in [0.1, 0.15) is 59.6 Å². The van der Waals surface area contributed by atoms with Crippen molar-refractivity contribution < 1.29 is 27.8 Å². The van der Waals surface area contributed by atoms with E-state index in [-0.39, 0.29) is 23.3 Å². The third kappa shape index (κ3) is 5.48. The molecule has 1 saturated heterocycles. The van der Waals surface area contributed by atoms with Crippen LogP contribution in [0.25, 0.3) is 0 Å². The highest BCUT2D eigenvalue weighted by atomic mass is 28.4. The molecule has 5 nitrogen and oxygen atoms in total. The highest BCUT2D eigenvalue weighted by Gasteiger charge is 2.45. The number of likely N-dealkylation sites (tertiary alicyclic amines) is 1. The molecule has 1 aliphatic heterocycles. The van der Waals surface area contributed by atoms with E-state index in [1.165, 1.54) is 4.90 Å². The van der Waals surface area contributed by atoms with Crippen molar-refractivity contribution in [1.29, 1.82) is 0 Å². The number of phenolic OH excluding ortho intramolecular Hbond substituents is 1. The summed E-state index contributed by atoms with van der Waals surface area (Å²) in [6.07, 6.45) is -0.602. The number of phenols is 1. The van der Waals surface area contributed by atoms with Gasteiger partial charge in [-0.25, -0.2) is 13.6 Å². The first-order valence-electron chi connectivity index (χ1n) is 9.87. The van der Waals surface area contributed by atoms with Crippen LogP contribution in [0.5, 0.6) is 5.75 Å². The summed E-state index contributed by atoms with van der Waals surface area (Å²) in [5.74, 6) is -2.52. The maximum absolute atomic E-state index is 14.0. The molecule has 0 aliphatic carbocycles. The fourth-order valence-corrected chi connectivity index (χ4v) is 4.49. The Balaban J connectivity index is 2.39. The summed E-state index contributed by atoms with van der Waals surface area (Å²) in [7, 11) is -2.14. The summed E-state index contributed by atoms with van der Waals surface area (Å²) in [5.41, 5.74) is -0.704. The Bertz CT molecular complexity index is 771. The van der Waals surface area contributed by atoms with Crippen molar-refractivity contribution >= 4 is 14.4 Å². The van der Waals surface area contributed by atoms with E-state index in [1.54, 1.807) is 20.8 Å². The standard InChI is InChI=1S/C21H33F2NO4Si/c1-20(2,3)27-19(26)24-12-14(28-29(7,8)21(4,5)6)11-17(24)15-9-13(22)10-16(23)18(15)25/h9-10,14,17,25H,11-12H2,1-8H3/t14-,17?/m1/s1. The molecule has 164 valence electrons. The second-order valence-electron chi connectivity index (χ2n) is 10.2. The molecular formula is C21H33F2NO4Si. The normalized spacial score (nSPS) is 20.8. The number of carbonyl (C=O) groups excluding carboxylic acids is 1. The molecule has 0 radical (unpaired) electrons. The zero-order chi connectivity index (χ0) is 22.4. The van der Waals surface area contributed by atoms with Gasteiger partial charge in [0.15, 0.2) is 19.9 Å². The summed E-state index contributed by atoms with van der Waals surface area (Å²) >= 11 is 0. The Kier molecular flexibility index (Phi) is 6.40. The molecule has 0 spiro atoms. The second-order valence-corrected chi connectivity index (χ2v) is 15.0. The van der Waals surface area contributed by atoms with Crippen molar-refractivity contribution in [1.82, 2.24) is 4.90 Å². The fraction of sp³-hybridized carbons (Fsp3) is 0.667. The number of nitrogens with zero attached hydrogens (tertiary/aromatic N) is 1. The molecule has 29 heavy (non-hydrogen) atoms. The van der Waals surface area contributed by atoms with Crippen molar-refractivity contribution in [2.24, 2.45) is 0 Å². The molecular weight excluding hydrogens is 396 g/mol. The zero-order valence-corrected chi connectivity index (χ0v) is 19.6. The summed E-state index contributed by atoms with van der Waals surface area (Å²) in [6.45, 7) is 16.0. The minimum absolute atomic E-state index is 0.0229. The largest absolute Gasteiger partial charge is 0.505 e. The first kappa shape index (κ1) is 23.6. The quantitative estimate of drug-likeness (QED) is 0.622. The molecule has 0 aromatic heterocycles. The lowest BCUT2D eigenvalue weighted by Crippen LogP contribution is -2.45. The number of aromatic hydroxyl groups is 1. The van der Waals surface area contributed by atoms with Gasteiger partial charge in [0.2, 0.25) is 0 Å². The van der Waals surface area contributed by atoms with Crippen LogP contribution in [0.4, 0.5) is 13.6 Å². The van der Waals surface area contributed by atoms with Gasteiger partial charge >= 0.3 is 6.09 Å². The van der Waals surface area contributed by atoms with Crippen molar-refractivity contribution in [2.45, 2.75) is 83.8 Å². The summed E-state index contributed by atoms with van der Waals surface area (Å²) in [6, 6.07) is 0.939. The van der Waals surface area contributed by atoms with Crippen LogP contribution in [0, 0.1) is 11.6 Å². The van der Waals surface area contributed by atoms with E-state index < -0.39 is 43.4 Å². The minimum Gasteiger partial charge on any atom is -0.505 e. The molecule has 1 unspecified atom stereocenters. The van der Waals surface area contributed by atoms with Crippen LogP contribution < -0.4 is 0 Å². The first-order chi connectivity index (χ1) is 13.0. The van der Waals surface area contributed by atoms with Crippen LogP contribution in [-0.4, -0.2) is 42.7 Å². The Hall–Kier alpha value is -1.67. The average Bonchev–Trinajstić information content (AvgIpc) is 2.91. The molecule has 1 aromatic rings. The number of rotatable bonds is 3. The number of carbonyl (C=O) groups is 1. The van der Waals surface area contributed by atoms with Gasteiger partial charge in [-0.05, 0) is 51.4 Å². The summed E-state index contributed by atoms with van der Waals surface area (Å²) < 4.78 is 39.8. The van der Waals surface area contributed by atoms with Crippen LogP contribution in [0.15, 0.2) is 12.1 Å². The van der Waals surface area contributed by atoms with E-state index >= 15 is 0 Å². The van der Waals surface area contributed by atoms with Crippen molar-refractivity contribution in [3.05, 3.63) is 29.3 Å². The smallest absolute Gasteiger partial charge is 0.410 e. The third-order valence-corrected chi connectivity index (χ3v) is 10.1. The Morgan fingerprint density at radius 3 is 2.28 bits per heavy atom. The molecule has 1 aromatic carbocycles. The number of hydrogen-bond acceptors (Lipinski definition) is 4. The van der Waals surface area contributed by atoms with E-state index in [0.29, 0.717) is 12.5 Å². The molecule has 1 heterocycles. The van der Waals surface area contributed by atoms with E-state index in [1.807, 2.05) is 0 Å². The van der Waals surface area contributed by atoms with Gasteiger partial charge in [-0.3, -0.25) is 4.90 Å². The minimum atomic E-state index is -2.14. The molecule has 2 rings (SSSR count). The lowest BCUT2D eigenvalue weighted by Gasteiger charge is -2.38. The molecule has 1 N–H and O–H groups in total. The second kappa shape index (κ2) is 7.87. The third-order valence-electron chi connectivity index (χ3n) is 5.57. The van der Waals surface area contributed by atoms with Crippen molar-refractivity contribution in [3.63, 3.8) is 0 Å². The summed E-state index contributed by atoms with van der Waals surface area (Å²) in [5, 5.41) is 10.2. The molecule has 1 fully saturated rings. The van der Waals surface area contributed by atoms with Gasteiger partial charge in [-0.15, -0.1) is 0 Å². The topological polar surface area (TPSA) is 59.0 Å². The van der Waals surface area contributed by atoms with Gasteiger partial charge in [0.1, 0.15) is 11.4 Å². The van der Waals surface area contributed by atoms with Crippen LogP contribution in [-0.2, 0) is 9.16 Å². The predicted octanol–water partition coefficient (Wildman–Crippen LogP) is 5.74. The number of ether oxygens (including phenoxy) is 1. The molecule has 0 bridgehead atoms. The van der Waals surface area contributed by atoms with Gasteiger partial charge in [-0.2, -0.15) is 0 Å². The predicted molar refractivity (Wildman–Crippen MR) is 110 cm³/mol. The average molecular weight is 430 g/mol. The highest BCUT2D eigenvalue weighted by molar-refractivity contribution is 6.74. The molecule has 1 amide bonds. The number of amides is 1. The SMILES string of the molecule is CC(C)(C)OC(=O)N1C[C@H](O[Si](C)(C)C(C)(C)C)CC1c1cc(F)cc(F)c1O. The van der Waals surface area contributed by atoms with E-state index in [2.05, 4.69) is 33.9 Å². The lowest BCUT2D eigenvalue weighted by molar-refractivity contribution is 0.0207. The zero-order valence-electron chi connectivity index (χ0n) is 18.6. The highest BCUT2D eigenvalue weighted by Crippen LogP contribution is 2.43. The van der Waals surface area contributed by atoms with E-state index in [9.17, 15) is 18.7 Å². The van der Waals surface area contributed by atoms with Gasteiger partial charge in [0, 0.05) is 18.2 Å². The molecule has 2 atom stereocenters. The van der Waals surface area contributed by atoms with E-state index in [0.717, 1.165) is 6.07 Å².